The van der Waals surface area contributed by atoms with Crippen LogP contribution in [0.25, 0.3) is 0 Å². The van der Waals surface area contributed by atoms with Gasteiger partial charge >= 0.3 is 0 Å². The Balaban J connectivity index is 1.60. The minimum Gasteiger partial charge on any atom is -0.336 e. The predicted octanol–water partition coefficient (Wildman–Crippen LogP) is 2.15. The number of hydrogen-bond donors (Lipinski definition) is 0. The number of amides is 1. The smallest absolute Gasteiger partial charge is 0.250 e. The van der Waals surface area contributed by atoms with Crippen molar-refractivity contribution in [3.63, 3.8) is 0 Å². The van der Waals surface area contributed by atoms with Crippen molar-refractivity contribution in [3.05, 3.63) is 46.9 Å². The number of benzene rings is 1. The molecule has 1 fully saturated rings. The monoisotopic (exact) mass is 332 g/mol. The van der Waals surface area contributed by atoms with E-state index in [0.29, 0.717) is 11.8 Å². The van der Waals surface area contributed by atoms with Crippen molar-refractivity contribution in [1.29, 1.82) is 0 Å². The van der Waals surface area contributed by atoms with Gasteiger partial charge in [-0.2, -0.15) is 0 Å². The molecule has 5 heteroatoms. The zero-order valence-electron chi connectivity index (χ0n) is 13.6. The zero-order valence-corrected chi connectivity index (χ0v) is 14.4. The lowest BCUT2D eigenvalue weighted by molar-refractivity contribution is -0.130. The molecule has 2 aliphatic heterocycles. The van der Waals surface area contributed by atoms with Crippen LogP contribution < -0.4 is 0 Å². The maximum absolute atomic E-state index is 12.6. The van der Waals surface area contributed by atoms with Crippen LogP contribution in [-0.4, -0.2) is 51.3 Å². The topological polar surface area (TPSA) is 40.6 Å². The van der Waals surface area contributed by atoms with E-state index in [1.54, 1.807) is 5.41 Å². The lowest BCUT2D eigenvalue weighted by Gasteiger charge is -2.40. The number of piperazine rings is 1. The van der Waals surface area contributed by atoms with E-state index >= 15 is 0 Å². The van der Waals surface area contributed by atoms with Gasteiger partial charge < -0.3 is 4.90 Å². The van der Waals surface area contributed by atoms with Crippen LogP contribution in [0.5, 0.6) is 0 Å². The molecule has 0 N–H and O–H groups in total. The Morgan fingerprint density at radius 1 is 1.26 bits per heavy atom. The van der Waals surface area contributed by atoms with Gasteiger partial charge in [-0.15, -0.1) is 0 Å². The maximum atomic E-state index is 12.6. The van der Waals surface area contributed by atoms with Crippen LogP contribution in [0.2, 0.25) is 0 Å². The van der Waals surface area contributed by atoms with Gasteiger partial charge in [0.1, 0.15) is 0 Å². The molecule has 0 saturated carbocycles. The third-order valence-electron chi connectivity index (χ3n) is 4.62. The van der Waals surface area contributed by atoms with Crippen LogP contribution in [0.15, 0.2) is 41.3 Å². The summed E-state index contributed by atoms with van der Waals surface area (Å²) >= 11 is 0. The first-order chi connectivity index (χ1) is 11.1. The van der Waals surface area contributed by atoms with E-state index in [1.165, 1.54) is 5.56 Å². The summed E-state index contributed by atoms with van der Waals surface area (Å²) in [7, 11) is -0.958. The Labute approximate surface area is 140 Å². The summed E-state index contributed by atoms with van der Waals surface area (Å²) < 4.78 is 11.6. The normalized spacial score (nSPS) is 26.0. The lowest BCUT2D eigenvalue weighted by atomic mass is 10.1. The molecule has 0 aliphatic carbocycles. The molecule has 23 heavy (non-hydrogen) atoms. The highest BCUT2D eigenvalue weighted by atomic mass is 32.2. The van der Waals surface area contributed by atoms with Gasteiger partial charge in [0, 0.05) is 59.8 Å². The van der Waals surface area contributed by atoms with E-state index in [2.05, 4.69) is 36.1 Å². The Hall–Kier alpha value is -1.46. The van der Waals surface area contributed by atoms with Gasteiger partial charge in [-0.1, -0.05) is 30.3 Å². The van der Waals surface area contributed by atoms with Crippen LogP contribution >= 0.6 is 0 Å². The van der Waals surface area contributed by atoms with E-state index in [9.17, 15) is 9.00 Å². The Kier molecular flexibility index (Phi) is 5.28. The summed E-state index contributed by atoms with van der Waals surface area (Å²) in [4.78, 5) is 17.0. The molecule has 3 rings (SSSR count). The van der Waals surface area contributed by atoms with Crippen molar-refractivity contribution in [3.8, 4) is 0 Å². The van der Waals surface area contributed by atoms with Crippen LogP contribution in [0.4, 0.5) is 0 Å². The second kappa shape index (κ2) is 7.41. The van der Waals surface area contributed by atoms with E-state index in [-0.39, 0.29) is 5.91 Å². The predicted molar refractivity (Wildman–Crippen MR) is 93.2 cm³/mol. The van der Waals surface area contributed by atoms with E-state index in [1.807, 2.05) is 11.0 Å². The molecule has 4 nitrogen and oxygen atoms in total. The van der Waals surface area contributed by atoms with Gasteiger partial charge in [0.25, 0.3) is 0 Å². The summed E-state index contributed by atoms with van der Waals surface area (Å²) in [5.74, 6) is 0.780. The largest absolute Gasteiger partial charge is 0.336 e. The molecule has 0 radical (unpaired) electrons. The SMILES string of the molecule is CC1CN(C(=O)C2=CS(=O)CCC2)CCN1Cc1ccccc1. The molecule has 2 aliphatic rings. The lowest BCUT2D eigenvalue weighted by Crippen LogP contribution is -2.53. The molecule has 0 bridgehead atoms. The average molecular weight is 332 g/mol. The molecular formula is C18H24N2O2S. The zero-order chi connectivity index (χ0) is 16.2. The van der Waals surface area contributed by atoms with Gasteiger partial charge in [0.15, 0.2) is 0 Å². The van der Waals surface area contributed by atoms with Crippen molar-refractivity contribution in [2.24, 2.45) is 0 Å². The molecular weight excluding hydrogens is 308 g/mol. The summed E-state index contributed by atoms with van der Waals surface area (Å²) in [6, 6.07) is 10.8. The first-order valence-electron chi connectivity index (χ1n) is 8.28. The van der Waals surface area contributed by atoms with Crippen LogP contribution in [0.3, 0.4) is 0 Å². The van der Waals surface area contributed by atoms with Crippen molar-refractivity contribution in [2.75, 3.05) is 25.4 Å². The fourth-order valence-electron chi connectivity index (χ4n) is 3.27. The quantitative estimate of drug-likeness (QED) is 0.851. The summed E-state index contributed by atoms with van der Waals surface area (Å²) in [6.45, 7) is 5.49. The van der Waals surface area contributed by atoms with E-state index < -0.39 is 10.8 Å². The fraction of sp³-hybridized carbons (Fsp3) is 0.500. The van der Waals surface area contributed by atoms with Crippen molar-refractivity contribution in [1.82, 2.24) is 9.80 Å². The standard InChI is InChI=1S/C18H24N2O2S/c1-15-12-20(18(21)17-8-5-11-23(22)14-17)10-9-19(15)13-16-6-3-2-4-7-16/h2-4,6-7,14-15H,5,8-13H2,1H3. The number of carbonyl (C=O) groups excluding carboxylic acids is 1. The van der Waals surface area contributed by atoms with E-state index in [0.717, 1.165) is 44.6 Å². The average Bonchev–Trinajstić information content (AvgIpc) is 2.57. The number of rotatable bonds is 3. The van der Waals surface area contributed by atoms with Gasteiger partial charge in [0.2, 0.25) is 5.91 Å². The number of hydrogen-bond acceptors (Lipinski definition) is 3. The summed E-state index contributed by atoms with van der Waals surface area (Å²) in [6.07, 6.45) is 1.62. The molecule has 1 amide bonds. The summed E-state index contributed by atoms with van der Waals surface area (Å²) in [5, 5.41) is 1.67. The van der Waals surface area contributed by atoms with Crippen LogP contribution in [0, 0.1) is 0 Å². The highest BCUT2D eigenvalue weighted by molar-refractivity contribution is 7.88. The number of carbonyl (C=O) groups is 1. The molecule has 0 aromatic heterocycles. The first kappa shape index (κ1) is 16.4. The second-order valence-corrected chi connectivity index (χ2v) is 7.79. The third kappa shape index (κ3) is 4.09. The molecule has 2 heterocycles. The van der Waals surface area contributed by atoms with Gasteiger partial charge in [-0.25, -0.2) is 0 Å². The van der Waals surface area contributed by atoms with Crippen molar-refractivity contribution in [2.45, 2.75) is 32.4 Å². The Bertz CT molecular complexity index is 615. The Morgan fingerprint density at radius 3 is 2.74 bits per heavy atom. The molecule has 1 aromatic rings. The fourth-order valence-corrected chi connectivity index (χ4v) is 4.36. The Morgan fingerprint density at radius 2 is 2.04 bits per heavy atom. The maximum Gasteiger partial charge on any atom is 0.250 e. The highest BCUT2D eigenvalue weighted by Crippen LogP contribution is 2.20. The van der Waals surface area contributed by atoms with Crippen molar-refractivity contribution < 1.29 is 9.00 Å². The van der Waals surface area contributed by atoms with Gasteiger partial charge in [-0.05, 0) is 25.3 Å². The third-order valence-corrected chi connectivity index (χ3v) is 5.86. The second-order valence-electron chi connectivity index (χ2n) is 6.39. The molecule has 2 unspecified atom stereocenters. The van der Waals surface area contributed by atoms with Gasteiger partial charge in [0.05, 0.1) is 0 Å². The molecule has 124 valence electrons. The minimum atomic E-state index is -0.958. The van der Waals surface area contributed by atoms with Crippen LogP contribution in [0.1, 0.15) is 25.3 Å². The van der Waals surface area contributed by atoms with Crippen LogP contribution in [-0.2, 0) is 22.1 Å². The molecule has 1 saturated heterocycles. The molecule has 0 spiro atoms. The molecule has 2 atom stereocenters. The molecule has 1 aromatic carbocycles. The first-order valence-corrected chi connectivity index (χ1v) is 9.67. The van der Waals surface area contributed by atoms with E-state index in [4.69, 9.17) is 0 Å². The van der Waals surface area contributed by atoms with Gasteiger partial charge in [-0.3, -0.25) is 13.9 Å². The highest BCUT2D eigenvalue weighted by Gasteiger charge is 2.29. The minimum absolute atomic E-state index is 0.0873. The number of nitrogens with zero attached hydrogens (tertiary/aromatic N) is 2. The van der Waals surface area contributed by atoms with Crippen molar-refractivity contribution >= 4 is 16.7 Å². The summed E-state index contributed by atoms with van der Waals surface area (Å²) in [5.41, 5.74) is 2.06.